The lowest BCUT2D eigenvalue weighted by molar-refractivity contribution is -0.00445. The molecule has 6 heteroatoms. The van der Waals surface area contributed by atoms with Gasteiger partial charge in [-0.2, -0.15) is 0 Å². The number of nitrogens with zero attached hydrogens (tertiary/aromatic N) is 3. The highest BCUT2D eigenvalue weighted by molar-refractivity contribution is 5.28. The van der Waals surface area contributed by atoms with Crippen LogP contribution in [0.15, 0.2) is 43.0 Å². The zero-order chi connectivity index (χ0) is 17.5. The fraction of sp³-hybridized carbons (Fsp3) is 0.526. The summed E-state index contributed by atoms with van der Waals surface area (Å²) >= 11 is 0. The molecule has 1 aromatic heterocycles. The fourth-order valence-corrected chi connectivity index (χ4v) is 3.25. The lowest BCUT2D eigenvalue weighted by atomic mass is 9.94. The summed E-state index contributed by atoms with van der Waals surface area (Å²) in [5, 5.41) is 19.3. The summed E-state index contributed by atoms with van der Waals surface area (Å²) in [4.78, 5) is 6.26. The van der Waals surface area contributed by atoms with E-state index in [0.29, 0.717) is 13.2 Å². The van der Waals surface area contributed by atoms with Crippen LogP contribution >= 0.6 is 0 Å². The number of imidazole rings is 1. The minimum atomic E-state index is -0.443. The largest absolute Gasteiger partial charge is 0.494 e. The number of rotatable bonds is 8. The molecule has 1 aromatic carbocycles. The third kappa shape index (κ3) is 5.29. The second-order valence-corrected chi connectivity index (χ2v) is 6.68. The molecule has 3 rings (SSSR count). The van der Waals surface area contributed by atoms with Crippen molar-refractivity contribution in [2.24, 2.45) is 5.92 Å². The van der Waals surface area contributed by atoms with Crippen molar-refractivity contribution in [2.45, 2.75) is 32.0 Å². The van der Waals surface area contributed by atoms with Crippen molar-refractivity contribution in [3.8, 4) is 5.75 Å². The standard InChI is InChI=1S/C19H27N3O3/c23-14-17-5-8-22(13-19(17)24)12-16-3-1-4-18(11-16)25-10-2-7-21-9-6-20-15-21/h1,3-4,6,9,11,15,17,19,23-24H,2,5,7-8,10,12-14H2/t17-,19-/m1/s1. The number of ether oxygens (including phenoxy) is 1. The molecule has 0 saturated carbocycles. The first-order chi connectivity index (χ1) is 12.2. The van der Waals surface area contributed by atoms with Crippen LogP contribution in [0.2, 0.25) is 0 Å². The van der Waals surface area contributed by atoms with Crippen LogP contribution in [0.3, 0.4) is 0 Å². The first-order valence-corrected chi connectivity index (χ1v) is 8.93. The molecule has 2 aromatic rings. The van der Waals surface area contributed by atoms with Crippen LogP contribution < -0.4 is 4.74 Å². The van der Waals surface area contributed by atoms with E-state index in [9.17, 15) is 10.2 Å². The quantitative estimate of drug-likeness (QED) is 0.710. The first kappa shape index (κ1) is 17.9. The van der Waals surface area contributed by atoms with Crippen molar-refractivity contribution >= 4 is 0 Å². The van der Waals surface area contributed by atoms with Crippen molar-refractivity contribution in [1.82, 2.24) is 14.5 Å². The van der Waals surface area contributed by atoms with Gasteiger partial charge in [0.2, 0.25) is 0 Å². The SMILES string of the molecule is OC[C@H]1CCN(Cc2cccc(OCCCn3ccnc3)c2)C[C@H]1O. The molecular formula is C19H27N3O3. The molecule has 0 aliphatic carbocycles. The zero-order valence-electron chi connectivity index (χ0n) is 14.5. The van der Waals surface area contributed by atoms with Crippen LogP contribution in [0, 0.1) is 5.92 Å². The molecular weight excluding hydrogens is 318 g/mol. The molecule has 1 aliphatic heterocycles. The number of hydrogen-bond donors (Lipinski definition) is 2. The first-order valence-electron chi connectivity index (χ1n) is 8.93. The van der Waals surface area contributed by atoms with E-state index in [0.717, 1.165) is 38.2 Å². The van der Waals surface area contributed by atoms with E-state index in [1.807, 2.05) is 29.2 Å². The third-order valence-electron chi connectivity index (χ3n) is 4.73. The predicted octanol–water partition coefficient (Wildman–Crippen LogP) is 1.53. The molecule has 136 valence electrons. The molecule has 1 aliphatic rings. The Labute approximate surface area is 148 Å². The minimum Gasteiger partial charge on any atom is -0.494 e. The van der Waals surface area contributed by atoms with E-state index in [2.05, 4.69) is 22.0 Å². The van der Waals surface area contributed by atoms with Gasteiger partial charge in [-0.1, -0.05) is 12.1 Å². The molecule has 0 spiro atoms. The number of aromatic nitrogens is 2. The Balaban J connectivity index is 1.45. The molecule has 25 heavy (non-hydrogen) atoms. The van der Waals surface area contributed by atoms with E-state index in [1.165, 1.54) is 5.56 Å². The Morgan fingerprint density at radius 1 is 1.32 bits per heavy atom. The van der Waals surface area contributed by atoms with Gasteiger partial charge in [-0.3, -0.25) is 4.90 Å². The number of aliphatic hydroxyl groups excluding tert-OH is 2. The number of piperidine rings is 1. The average molecular weight is 345 g/mol. The number of benzene rings is 1. The number of aryl methyl sites for hydroxylation is 1. The molecule has 2 N–H and O–H groups in total. The molecule has 6 nitrogen and oxygen atoms in total. The van der Waals surface area contributed by atoms with Gasteiger partial charge in [0.05, 0.1) is 19.0 Å². The molecule has 1 saturated heterocycles. The number of β-amino-alcohol motifs (C(OH)–C–C–N with tert-alkyl or cyclic N) is 1. The maximum atomic E-state index is 10.1. The third-order valence-corrected chi connectivity index (χ3v) is 4.73. The topological polar surface area (TPSA) is 70.8 Å². The maximum Gasteiger partial charge on any atom is 0.119 e. The van der Waals surface area contributed by atoms with Crippen LogP contribution in [0.5, 0.6) is 5.75 Å². The van der Waals surface area contributed by atoms with E-state index in [4.69, 9.17) is 4.74 Å². The summed E-state index contributed by atoms with van der Waals surface area (Å²) in [5.74, 6) is 0.898. The van der Waals surface area contributed by atoms with Gasteiger partial charge in [-0.15, -0.1) is 0 Å². The molecule has 0 unspecified atom stereocenters. The van der Waals surface area contributed by atoms with Gasteiger partial charge in [0.25, 0.3) is 0 Å². The van der Waals surface area contributed by atoms with E-state index in [-0.39, 0.29) is 12.5 Å². The van der Waals surface area contributed by atoms with Crippen LogP contribution in [-0.4, -0.2) is 57.1 Å². The summed E-state index contributed by atoms with van der Waals surface area (Å²) in [6, 6.07) is 8.15. The second kappa shape index (κ2) is 8.99. The molecule has 0 bridgehead atoms. The Kier molecular flexibility index (Phi) is 6.44. The van der Waals surface area contributed by atoms with Crippen molar-refractivity contribution in [1.29, 1.82) is 0 Å². The van der Waals surface area contributed by atoms with Crippen LogP contribution in [0.1, 0.15) is 18.4 Å². The van der Waals surface area contributed by atoms with Crippen LogP contribution in [-0.2, 0) is 13.1 Å². The lowest BCUT2D eigenvalue weighted by Crippen LogP contribution is -2.44. The molecule has 1 fully saturated rings. The van der Waals surface area contributed by atoms with Gasteiger partial charge in [-0.25, -0.2) is 4.98 Å². The fourth-order valence-electron chi connectivity index (χ4n) is 3.25. The highest BCUT2D eigenvalue weighted by atomic mass is 16.5. The van der Waals surface area contributed by atoms with Gasteiger partial charge in [-0.05, 0) is 37.1 Å². The zero-order valence-corrected chi connectivity index (χ0v) is 14.5. The Bertz CT molecular complexity index is 633. The summed E-state index contributed by atoms with van der Waals surface area (Å²) in [5.41, 5.74) is 1.18. The average Bonchev–Trinajstić information content (AvgIpc) is 3.13. The Hall–Kier alpha value is -1.89. The van der Waals surface area contributed by atoms with Crippen molar-refractivity contribution < 1.29 is 14.9 Å². The van der Waals surface area contributed by atoms with Crippen molar-refractivity contribution in [3.05, 3.63) is 48.5 Å². The molecule has 0 radical (unpaired) electrons. The molecule has 2 atom stereocenters. The van der Waals surface area contributed by atoms with Gasteiger partial charge < -0.3 is 19.5 Å². The number of likely N-dealkylation sites (tertiary alicyclic amines) is 1. The Morgan fingerprint density at radius 3 is 3.00 bits per heavy atom. The summed E-state index contributed by atoms with van der Waals surface area (Å²) in [7, 11) is 0. The van der Waals surface area contributed by atoms with Gasteiger partial charge in [0.1, 0.15) is 5.75 Å². The van der Waals surface area contributed by atoms with Crippen molar-refractivity contribution in [3.63, 3.8) is 0 Å². The normalized spacial score (nSPS) is 21.4. The van der Waals surface area contributed by atoms with Crippen LogP contribution in [0.4, 0.5) is 0 Å². The van der Waals surface area contributed by atoms with Crippen LogP contribution in [0.25, 0.3) is 0 Å². The van der Waals surface area contributed by atoms with Gasteiger partial charge in [0.15, 0.2) is 0 Å². The van der Waals surface area contributed by atoms with Gasteiger partial charge in [0, 0.05) is 44.6 Å². The number of aliphatic hydroxyl groups is 2. The van der Waals surface area contributed by atoms with Gasteiger partial charge >= 0.3 is 0 Å². The summed E-state index contributed by atoms with van der Waals surface area (Å²) < 4.78 is 7.90. The van der Waals surface area contributed by atoms with E-state index in [1.54, 1.807) is 6.20 Å². The maximum absolute atomic E-state index is 10.1. The number of hydrogen-bond acceptors (Lipinski definition) is 5. The predicted molar refractivity (Wildman–Crippen MR) is 95.3 cm³/mol. The minimum absolute atomic E-state index is 0.0152. The second-order valence-electron chi connectivity index (χ2n) is 6.68. The monoisotopic (exact) mass is 345 g/mol. The van der Waals surface area contributed by atoms with Crippen molar-refractivity contribution in [2.75, 3.05) is 26.3 Å². The Morgan fingerprint density at radius 2 is 2.24 bits per heavy atom. The highest BCUT2D eigenvalue weighted by Crippen LogP contribution is 2.21. The van der Waals surface area contributed by atoms with E-state index >= 15 is 0 Å². The summed E-state index contributed by atoms with van der Waals surface area (Å²) in [6.07, 6.45) is 6.87. The highest BCUT2D eigenvalue weighted by Gasteiger charge is 2.26. The smallest absolute Gasteiger partial charge is 0.119 e. The molecule has 0 amide bonds. The van der Waals surface area contributed by atoms with E-state index < -0.39 is 6.10 Å². The summed E-state index contributed by atoms with van der Waals surface area (Å²) in [6.45, 7) is 3.94. The lowest BCUT2D eigenvalue weighted by Gasteiger charge is -2.35. The molecule has 2 heterocycles.